The maximum atomic E-state index is 11.2. The van der Waals surface area contributed by atoms with E-state index in [9.17, 15) is 4.79 Å². The molecule has 0 saturated heterocycles. The van der Waals surface area contributed by atoms with Crippen molar-refractivity contribution in [2.75, 3.05) is 13.2 Å². The van der Waals surface area contributed by atoms with Crippen molar-refractivity contribution in [3.05, 3.63) is 19.1 Å². The second kappa shape index (κ2) is 15.6. The van der Waals surface area contributed by atoms with Crippen LogP contribution in [0.25, 0.3) is 0 Å². The van der Waals surface area contributed by atoms with Gasteiger partial charge in [-0.15, -0.1) is 0 Å². The Balaban J connectivity index is 0. The normalized spacial score (nSPS) is 11.6. The summed E-state index contributed by atoms with van der Waals surface area (Å²) in [5.41, 5.74) is 0.452. The first-order valence-electron chi connectivity index (χ1n) is 7.35. The van der Waals surface area contributed by atoms with E-state index in [1.807, 2.05) is 0 Å². The SMILES string of the molecule is C=C(C)C(=O)OCCCC(CCC[CH2-])OCCCC.[Na+]. The first kappa shape index (κ1) is 22.5. The second-order valence-electron chi connectivity index (χ2n) is 4.90. The van der Waals surface area contributed by atoms with Crippen molar-refractivity contribution in [1.82, 2.24) is 0 Å². The van der Waals surface area contributed by atoms with Gasteiger partial charge in [0.1, 0.15) is 0 Å². The molecule has 20 heavy (non-hydrogen) atoms. The number of esters is 1. The van der Waals surface area contributed by atoms with Crippen LogP contribution in [0.4, 0.5) is 0 Å². The van der Waals surface area contributed by atoms with Crippen LogP contribution in [0.2, 0.25) is 0 Å². The van der Waals surface area contributed by atoms with Gasteiger partial charge < -0.3 is 16.4 Å². The third kappa shape index (κ3) is 13.2. The molecule has 0 bridgehead atoms. The number of ether oxygens (including phenoxy) is 2. The van der Waals surface area contributed by atoms with Crippen molar-refractivity contribution in [3.63, 3.8) is 0 Å². The van der Waals surface area contributed by atoms with E-state index >= 15 is 0 Å². The van der Waals surface area contributed by atoms with Gasteiger partial charge in [-0.1, -0.05) is 26.3 Å². The molecule has 4 heteroatoms. The summed E-state index contributed by atoms with van der Waals surface area (Å²) in [6, 6.07) is 0. The van der Waals surface area contributed by atoms with Crippen LogP contribution in [0, 0.1) is 6.92 Å². The van der Waals surface area contributed by atoms with Gasteiger partial charge in [-0.3, -0.25) is 0 Å². The molecule has 0 aliphatic heterocycles. The first-order chi connectivity index (χ1) is 9.11. The molecule has 0 radical (unpaired) electrons. The van der Waals surface area contributed by atoms with Gasteiger partial charge in [0.2, 0.25) is 0 Å². The fourth-order valence-electron chi connectivity index (χ4n) is 1.68. The Morgan fingerprint density at radius 1 is 1.20 bits per heavy atom. The molecule has 0 saturated carbocycles. The van der Waals surface area contributed by atoms with Gasteiger partial charge in [0.05, 0.1) is 12.7 Å². The summed E-state index contributed by atoms with van der Waals surface area (Å²) in [5.74, 6) is -0.304. The smallest absolute Gasteiger partial charge is 0.462 e. The molecule has 0 heterocycles. The quantitative estimate of drug-likeness (QED) is 0.177. The molecule has 0 aromatic heterocycles. The standard InChI is InChI=1S/C16H29O3.Na/c1-5-7-10-15(18-12-8-6-2)11-9-13-19-16(17)14(3)4;/h15H,1,3,5-13H2,2,4H3;/q-1;+1. The predicted octanol–water partition coefficient (Wildman–Crippen LogP) is 1.08. The molecule has 3 nitrogen and oxygen atoms in total. The number of hydrogen-bond acceptors (Lipinski definition) is 3. The van der Waals surface area contributed by atoms with Gasteiger partial charge in [-0.2, -0.15) is 6.42 Å². The zero-order valence-corrected chi connectivity index (χ0v) is 15.6. The van der Waals surface area contributed by atoms with Gasteiger partial charge in [-0.05, 0) is 32.6 Å². The molecule has 1 unspecified atom stereocenters. The Labute approximate surface area is 146 Å². The van der Waals surface area contributed by atoms with Crippen LogP contribution < -0.4 is 29.6 Å². The molecule has 0 fully saturated rings. The number of carbonyl (C=O) groups is 1. The number of unbranched alkanes of at least 4 members (excludes halogenated alkanes) is 2. The van der Waals surface area contributed by atoms with Gasteiger partial charge in [0.25, 0.3) is 0 Å². The van der Waals surface area contributed by atoms with E-state index in [-0.39, 0.29) is 41.6 Å². The summed E-state index contributed by atoms with van der Waals surface area (Å²) >= 11 is 0. The molecule has 0 aromatic rings. The number of carbonyl (C=O) groups excluding carboxylic acids is 1. The minimum Gasteiger partial charge on any atom is -0.462 e. The molecule has 0 spiro atoms. The van der Waals surface area contributed by atoms with Gasteiger partial charge in [0, 0.05) is 12.2 Å². The number of rotatable bonds is 12. The van der Waals surface area contributed by atoms with Gasteiger partial charge >= 0.3 is 35.5 Å². The van der Waals surface area contributed by atoms with E-state index in [4.69, 9.17) is 9.47 Å². The maximum Gasteiger partial charge on any atom is 1.00 e. The third-order valence-corrected chi connectivity index (χ3v) is 2.88. The van der Waals surface area contributed by atoms with Crippen molar-refractivity contribution < 1.29 is 43.8 Å². The summed E-state index contributed by atoms with van der Waals surface area (Å²) in [4.78, 5) is 11.2. The molecule has 0 rings (SSSR count). The topological polar surface area (TPSA) is 35.5 Å². The molecule has 0 N–H and O–H groups in total. The summed E-state index contributed by atoms with van der Waals surface area (Å²) in [7, 11) is 0. The van der Waals surface area contributed by atoms with E-state index < -0.39 is 0 Å². The minimum atomic E-state index is -0.304. The van der Waals surface area contributed by atoms with Crippen molar-refractivity contribution in [3.8, 4) is 0 Å². The second-order valence-corrected chi connectivity index (χ2v) is 4.90. The summed E-state index contributed by atoms with van der Waals surface area (Å²) < 4.78 is 10.9. The zero-order valence-electron chi connectivity index (χ0n) is 13.6. The third-order valence-electron chi connectivity index (χ3n) is 2.88. The van der Waals surface area contributed by atoms with Crippen molar-refractivity contribution in [2.45, 2.75) is 64.9 Å². The maximum absolute atomic E-state index is 11.2. The summed E-state index contributed by atoms with van der Waals surface area (Å²) in [6.07, 6.45) is 7.38. The Morgan fingerprint density at radius 3 is 2.40 bits per heavy atom. The molecular weight excluding hydrogens is 263 g/mol. The zero-order chi connectivity index (χ0) is 14.5. The Morgan fingerprint density at radius 2 is 1.85 bits per heavy atom. The van der Waals surface area contributed by atoms with E-state index in [1.54, 1.807) is 6.92 Å². The van der Waals surface area contributed by atoms with Crippen LogP contribution in [-0.4, -0.2) is 25.3 Å². The largest absolute Gasteiger partial charge is 1.00 e. The monoisotopic (exact) mass is 292 g/mol. The van der Waals surface area contributed by atoms with Crippen molar-refractivity contribution in [1.29, 1.82) is 0 Å². The average Bonchev–Trinajstić information content (AvgIpc) is 2.39. The summed E-state index contributed by atoms with van der Waals surface area (Å²) in [6.45, 7) is 12.5. The molecule has 1 atom stereocenters. The summed E-state index contributed by atoms with van der Waals surface area (Å²) in [5, 5.41) is 0. The van der Waals surface area contributed by atoms with Crippen molar-refractivity contribution in [2.24, 2.45) is 0 Å². The molecule has 0 amide bonds. The van der Waals surface area contributed by atoms with Crippen LogP contribution in [0.15, 0.2) is 12.2 Å². The van der Waals surface area contributed by atoms with Crippen LogP contribution >= 0.6 is 0 Å². The van der Waals surface area contributed by atoms with Crippen molar-refractivity contribution >= 4 is 5.97 Å². The van der Waals surface area contributed by atoms with Crippen LogP contribution in [-0.2, 0) is 14.3 Å². The fourth-order valence-corrected chi connectivity index (χ4v) is 1.68. The fraction of sp³-hybridized carbons (Fsp3) is 0.750. The first-order valence-corrected chi connectivity index (χ1v) is 7.35. The Hall–Kier alpha value is 0.170. The molecule has 112 valence electrons. The average molecular weight is 292 g/mol. The molecule has 0 aromatic carbocycles. The van der Waals surface area contributed by atoms with Crippen LogP contribution in [0.1, 0.15) is 58.8 Å². The molecule has 0 aliphatic carbocycles. The molecule has 0 aliphatic rings. The Kier molecular flexibility index (Phi) is 17.5. The van der Waals surface area contributed by atoms with Gasteiger partial charge in [-0.25, -0.2) is 4.79 Å². The van der Waals surface area contributed by atoms with E-state index in [0.29, 0.717) is 12.2 Å². The van der Waals surface area contributed by atoms with Gasteiger partial charge in [0.15, 0.2) is 0 Å². The Bertz CT molecular complexity index is 254. The van der Waals surface area contributed by atoms with E-state index in [0.717, 1.165) is 51.6 Å². The van der Waals surface area contributed by atoms with Crippen LogP contribution in [0.5, 0.6) is 0 Å². The minimum absolute atomic E-state index is 0. The molecular formula is C16H29NaO3. The van der Waals surface area contributed by atoms with E-state index in [1.165, 1.54) is 0 Å². The van der Waals surface area contributed by atoms with E-state index in [2.05, 4.69) is 20.4 Å². The predicted molar refractivity (Wildman–Crippen MR) is 78.9 cm³/mol. The van der Waals surface area contributed by atoms with Crippen LogP contribution in [0.3, 0.4) is 0 Å². The number of hydrogen-bond donors (Lipinski definition) is 0.